The fourth-order valence-electron chi connectivity index (χ4n) is 2.64. The number of rotatable bonds is 9. The third-order valence-corrected chi connectivity index (χ3v) is 5.26. The molecule has 0 heterocycles. The fourth-order valence-corrected chi connectivity index (χ4v) is 3.54. The molecule has 0 radical (unpaired) electrons. The first-order chi connectivity index (χ1) is 13.7. The molecule has 8 nitrogen and oxygen atoms in total. The van der Waals surface area contributed by atoms with E-state index in [0.717, 1.165) is 10.6 Å². The molecule has 0 saturated heterocycles. The molecule has 0 aromatic heterocycles. The first-order valence-corrected chi connectivity index (χ1v) is 10.5. The van der Waals surface area contributed by atoms with Crippen molar-refractivity contribution >= 4 is 27.5 Å². The molecule has 156 valence electrons. The van der Waals surface area contributed by atoms with Crippen LogP contribution in [0.1, 0.15) is 15.9 Å². The summed E-state index contributed by atoms with van der Waals surface area (Å²) in [6.45, 7) is 0.641. The lowest BCUT2D eigenvalue weighted by atomic mass is 10.1. The van der Waals surface area contributed by atoms with Crippen molar-refractivity contribution in [1.29, 1.82) is 0 Å². The molecule has 2 aromatic carbocycles. The Morgan fingerprint density at radius 2 is 1.72 bits per heavy atom. The van der Waals surface area contributed by atoms with Crippen molar-refractivity contribution in [1.82, 2.24) is 0 Å². The lowest BCUT2D eigenvalue weighted by molar-refractivity contribution is -0.140. The van der Waals surface area contributed by atoms with Crippen LogP contribution in [0.3, 0.4) is 0 Å². The zero-order chi connectivity index (χ0) is 21.6. The molecular weight excluding hydrogens is 398 g/mol. The van der Waals surface area contributed by atoms with Crippen LogP contribution in [0.5, 0.6) is 11.5 Å². The van der Waals surface area contributed by atoms with Crippen molar-refractivity contribution in [3.63, 3.8) is 0 Å². The molecule has 0 amide bonds. The number of esters is 1. The van der Waals surface area contributed by atoms with E-state index in [-0.39, 0.29) is 11.3 Å². The minimum Gasteiger partial charge on any atom is -0.497 e. The van der Waals surface area contributed by atoms with Crippen LogP contribution in [0.2, 0.25) is 0 Å². The lowest BCUT2D eigenvalue weighted by Gasteiger charge is -2.23. The number of hydrogen-bond donors (Lipinski definition) is 0. The third kappa shape index (κ3) is 5.71. The van der Waals surface area contributed by atoms with Crippen molar-refractivity contribution in [2.45, 2.75) is 6.92 Å². The Hall–Kier alpha value is -3.07. The van der Waals surface area contributed by atoms with Crippen LogP contribution < -0.4 is 13.8 Å². The van der Waals surface area contributed by atoms with Crippen LogP contribution in [0, 0.1) is 6.92 Å². The van der Waals surface area contributed by atoms with Gasteiger partial charge in [0.25, 0.3) is 0 Å². The van der Waals surface area contributed by atoms with E-state index in [2.05, 4.69) is 0 Å². The van der Waals surface area contributed by atoms with E-state index in [0.29, 0.717) is 17.0 Å². The molecule has 0 bridgehead atoms. The summed E-state index contributed by atoms with van der Waals surface area (Å²) in [5, 5.41) is 0. The highest BCUT2D eigenvalue weighted by Crippen LogP contribution is 2.25. The number of aryl methyl sites for hydroxylation is 1. The summed E-state index contributed by atoms with van der Waals surface area (Å²) in [5.74, 6) is -0.542. The van der Waals surface area contributed by atoms with Crippen LogP contribution >= 0.6 is 0 Å². The van der Waals surface area contributed by atoms with Crippen molar-refractivity contribution in [2.24, 2.45) is 0 Å². The van der Waals surface area contributed by atoms with Gasteiger partial charge in [-0.25, -0.2) is 8.42 Å². The van der Waals surface area contributed by atoms with Crippen LogP contribution in [0.4, 0.5) is 5.69 Å². The lowest BCUT2D eigenvalue weighted by Crippen LogP contribution is -2.36. The van der Waals surface area contributed by atoms with Crippen LogP contribution in [-0.2, 0) is 19.6 Å². The average molecular weight is 421 g/mol. The molecule has 0 N–H and O–H groups in total. The van der Waals surface area contributed by atoms with Crippen LogP contribution in [0.15, 0.2) is 42.5 Å². The number of carbonyl (C=O) groups excluding carboxylic acids is 2. The number of sulfonamides is 1. The van der Waals surface area contributed by atoms with Crippen molar-refractivity contribution < 1.29 is 32.2 Å². The molecule has 0 aliphatic heterocycles. The highest BCUT2D eigenvalue weighted by molar-refractivity contribution is 7.92. The minimum absolute atomic E-state index is 0.222. The molecule has 0 aliphatic rings. The molecule has 0 aliphatic carbocycles. The van der Waals surface area contributed by atoms with E-state index in [1.807, 2.05) is 0 Å². The number of ketones is 1. The maximum atomic E-state index is 12.4. The summed E-state index contributed by atoms with van der Waals surface area (Å²) in [6, 6.07) is 11.4. The van der Waals surface area contributed by atoms with Gasteiger partial charge >= 0.3 is 5.97 Å². The number of para-hydroxylation sites is 1. The topological polar surface area (TPSA) is 99.2 Å². The Bertz CT molecular complexity index is 1000. The third-order valence-electron chi connectivity index (χ3n) is 4.13. The average Bonchev–Trinajstić information content (AvgIpc) is 2.69. The molecule has 9 heteroatoms. The van der Waals surface area contributed by atoms with Crippen LogP contribution in [0.25, 0.3) is 0 Å². The summed E-state index contributed by atoms with van der Waals surface area (Å²) in [5.41, 5.74) is 1.28. The van der Waals surface area contributed by atoms with Gasteiger partial charge in [-0.05, 0) is 30.7 Å². The Morgan fingerprint density at radius 3 is 2.31 bits per heavy atom. The van der Waals surface area contributed by atoms with Gasteiger partial charge < -0.3 is 14.2 Å². The van der Waals surface area contributed by atoms with Gasteiger partial charge in [0.15, 0.2) is 6.61 Å². The van der Waals surface area contributed by atoms with Crippen LogP contribution in [-0.4, -0.2) is 53.8 Å². The summed E-state index contributed by atoms with van der Waals surface area (Å²) in [7, 11) is -0.838. The molecule has 0 atom stereocenters. The van der Waals surface area contributed by atoms with E-state index in [1.165, 1.54) is 20.3 Å². The number of methoxy groups -OCH3 is 2. The van der Waals surface area contributed by atoms with Crippen molar-refractivity contribution in [2.75, 3.05) is 37.9 Å². The maximum Gasteiger partial charge on any atom is 0.327 e. The molecule has 0 fully saturated rings. The molecule has 0 unspecified atom stereocenters. The molecule has 2 aromatic rings. The van der Waals surface area contributed by atoms with Gasteiger partial charge in [-0.2, -0.15) is 0 Å². The Labute approximate surface area is 170 Å². The molecule has 0 saturated carbocycles. The number of anilines is 1. The van der Waals surface area contributed by atoms with Gasteiger partial charge in [0.2, 0.25) is 15.8 Å². The maximum absolute atomic E-state index is 12.4. The number of Topliss-reactive ketones (excluding diaryl/α,β-unsaturated/α-hetero) is 1. The SMILES string of the molecule is COc1ccc(C(=O)COC(=O)CN(c2ccccc2C)S(C)(=O)=O)c(OC)c1. The van der Waals surface area contributed by atoms with Crippen molar-refractivity contribution in [3.8, 4) is 11.5 Å². The fraction of sp³-hybridized carbons (Fsp3) is 0.300. The number of benzene rings is 2. The highest BCUT2D eigenvalue weighted by atomic mass is 32.2. The Kier molecular flexibility index (Phi) is 7.22. The standard InChI is InChI=1S/C20H23NO7S/c1-14-7-5-6-8-17(14)21(29(4,24)25)12-20(23)28-13-18(22)16-10-9-15(26-2)11-19(16)27-3/h5-11H,12-13H2,1-4H3. The summed E-state index contributed by atoms with van der Waals surface area (Å²) >= 11 is 0. The first-order valence-electron chi connectivity index (χ1n) is 8.61. The summed E-state index contributed by atoms with van der Waals surface area (Å²) < 4.78 is 40.5. The monoisotopic (exact) mass is 421 g/mol. The second-order valence-corrected chi connectivity index (χ2v) is 8.11. The number of nitrogens with zero attached hydrogens (tertiary/aromatic N) is 1. The van der Waals surface area contributed by atoms with Gasteiger partial charge in [0.05, 0.1) is 31.7 Å². The van der Waals surface area contributed by atoms with E-state index < -0.39 is 34.9 Å². The van der Waals surface area contributed by atoms with Crippen molar-refractivity contribution in [3.05, 3.63) is 53.6 Å². The summed E-state index contributed by atoms with van der Waals surface area (Å²) in [6.07, 6.45) is 1.00. The predicted octanol–water partition coefficient (Wildman–Crippen LogP) is 2.20. The van der Waals surface area contributed by atoms with E-state index >= 15 is 0 Å². The van der Waals surface area contributed by atoms with E-state index in [4.69, 9.17) is 14.2 Å². The largest absolute Gasteiger partial charge is 0.497 e. The zero-order valence-corrected chi connectivity index (χ0v) is 17.5. The van der Waals surface area contributed by atoms with Gasteiger partial charge in [0.1, 0.15) is 18.0 Å². The first kappa shape index (κ1) is 22.2. The number of hydrogen-bond acceptors (Lipinski definition) is 7. The zero-order valence-electron chi connectivity index (χ0n) is 16.7. The normalized spacial score (nSPS) is 10.9. The predicted molar refractivity (Wildman–Crippen MR) is 108 cm³/mol. The van der Waals surface area contributed by atoms with Gasteiger partial charge in [-0.15, -0.1) is 0 Å². The highest BCUT2D eigenvalue weighted by Gasteiger charge is 2.24. The smallest absolute Gasteiger partial charge is 0.327 e. The second kappa shape index (κ2) is 9.42. The van der Waals surface area contributed by atoms with Gasteiger partial charge in [-0.3, -0.25) is 13.9 Å². The summed E-state index contributed by atoms with van der Waals surface area (Å²) in [4.78, 5) is 24.6. The van der Waals surface area contributed by atoms with E-state index in [9.17, 15) is 18.0 Å². The second-order valence-electron chi connectivity index (χ2n) is 6.21. The van der Waals surface area contributed by atoms with E-state index in [1.54, 1.807) is 43.3 Å². The quantitative estimate of drug-likeness (QED) is 0.452. The number of ether oxygens (including phenoxy) is 3. The number of carbonyl (C=O) groups is 2. The molecular formula is C20H23NO7S. The molecule has 29 heavy (non-hydrogen) atoms. The Morgan fingerprint density at radius 1 is 1.03 bits per heavy atom. The molecule has 0 spiro atoms. The minimum atomic E-state index is -3.73. The molecule has 2 rings (SSSR count). The Balaban J connectivity index is 2.10. The van der Waals surface area contributed by atoms with Gasteiger partial charge in [0, 0.05) is 6.07 Å². The van der Waals surface area contributed by atoms with Gasteiger partial charge in [-0.1, -0.05) is 18.2 Å².